The van der Waals surface area contributed by atoms with Crippen LogP contribution in [0.15, 0.2) is 18.2 Å². The summed E-state index contributed by atoms with van der Waals surface area (Å²) >= 11 is 0. The van der Waals surface area contributed by atoms with E-state index in [1.54, 1.807) is 0 Å². The standard InChI is InChI=1S/C13H13NO2/c1-2-8-4-3-5-10-12(8)13-11(16-10)6-9(7-14)15-13/h3-5,9,11,13H,2,6H2,1H3/t9-,11-,13+/m0/s1. The fourth-order valence-corrected chi connectivity index (χ4v) is 2.59. The summed E-state index contributed by atoms with van der Waals surface area (Å²) in [6.07, 6.45) is 1.34. The smallest absolute Gasteiger partial charge is 0.148 e. The van der Waals surface area contributed by atoms with Gasteiger partial charge in [0, 0.05) is 12.0 Å². The molecule has 16 heavy (non-hydrogen) atoms. The van der Waals surface area contributed by atoms with E-state index in [-0.39, 0.29) is 18.3 Å². The zero-order chi connectivity index (χ0) is 11.1. The van der Waals surface area contributed by atoms with Crippen molar-refractivity contribution in [1.82, 2.24) is 0 Å². The maximum atomic E-state index is 8.87. The number of aryl methyl sites for hydroxylation is 1. The van der Waals surface area contributed by atoms with E-state index >= 15 is 0 Å². The lowest BCUT2D eigenvalue weighted by Crippen LogP contribution is -2.12. The van der Waals surface area contributed by atoms with Crippen LogP contribution in [0.4, 0.5) is 0 Å². The van der Waals surface area contributed by atoms with Crippen molar-refractivity contribution < 1.29 is 9.47 Å². The second-order valence-corrected chi connectivity index (χ2v) is 4.25. The van der Waals surface area contributed by atoms with Gasteiger partial charge in [0.05, 0.1) is 6.07 Å². The Morgan fingerprint density at radius 2 is 2.38 bits per heavy atom. The molecule has 3 heteroatoms. The summed E-state index contributed by atoms with van der Waals surface area (Å²) in [6, 6.07) is 8.26. The molecule has 0 aliphatic carbocycles. The highest BCUT2D eigenvalue weighted by Crippen LogP contribution is 2.47. The number of hydrogen-bond donors (Lipinski definition) is 0. The van der Waals surface area contributed by atoms with Gasteiger partial charge in [0.2, 0.25) is 0 Å². The van der Waals surface area contributed by atoms with Gasteiger partial charge in [-0.25, -0.2) is 0 Å². The Morgan fingerprint density at radius 1 is 1.50 bits per heavy atom. The summed E-state index contributed by atoms with van der Waals surface area (Å²) in [5, 5.41) is 8.87. The summed E-state index contributed by atoms with van der Waals surface area (Å²) in [7, 11) is 0. The van der Waals surface area contributed by atoms with Gasteiger partial charge in [0.25, 0.3) is 0 Å². The second-order valence-electron chi connectivity index (χ2n) is 4.25. The normalized spacial score (nSPS) is 30.4. The van der Waals surface area contributed by atoms with Crippen LogP contribution in [0, 0.1) is 11.3 Å². The summed E-state index contributed by atoms with van der Waals surface area (Å²) in [5.74, 6) is 0.936. The monoisotopic (exact) mass is 215 g/mol. The predicted octanol–water partition coefficient (Wildman–Crippen LogP) is 2.36. The molecular formula is C13H13NO2. The van der Waals surface area contributed by atoms with Gasteiger partial charge in [-0.05, 0) is 18.1 Å². The fourth-order valence-electron chi connectivity index (χ4n) is 2.59. The van der Waals surface area contributed by atoms with Gasteiger partial charge in [0.1, 0.15) is 24.1 Å². The lowest BCUT2D eigenvalue weighted by atomic mass is 9.99. The number of benzene rings is 1. The van der Waals surface area contributed by atoms with Crippen molar-refractivity contribution in [2.75, 3.05) is 0 Å². The molecule has 82 valence electrons. The average molecular weight is 215 g/mol. The Bertz CT molecular complexity index is 463. The van der Waals surface area contributed by atoms with Crippen LogP contribution in [0.5, 0.6) is 5.75 Å². The SMILES string of the molecule is CCc1cccc2c1[C@@H]1O[C@H](C#N)C[C@@H]1O2. The zero-order valence-corrected chi connectivity index (χ0v) is 9.14. The molecule has 0 unspecified atom stereocenters. The van der Waals surface area contributed by atoms with E-state index in [1.807, 2.05) is 12.1 Å². The maximum absolute atomic E-state index is 8.87. The molecule has 0 aromatic heterocycles. The molecule has 0 N–H and O–H groups in total. The number of rotatable bonds is 1. The molecule has 3 rings (SSSR count). The molecule has 2 aliphatic rings. The molecule has 0 bridgehead atoms. The number of fused-ring (bicyclic) bond motifs is 3. The Labute approximate surface area is 94.6 Å². The molecule has 0 saturated carbocycles. The fraction of sp³-hybridized carbons (Fsp3) is 0.462. The highest BCUT2D eigenvalue weighted by Gasteiger charge is 2.44. The third-order valence-electron chi connectivity index (χ3n) is 3.34. The molecule has 3 atom stereocenters. The molecule has 1 aromatic rings. The molecule has 0 amide bonds. The topological polar surface area (TPSA) is 42.2 Å². The first kappa shape index (κ1) is 9.68. The van der Waals surface area contributed by atoms with Crippen LogP contribution in [-0.2, 0) is 11.2 Å². The Hall–Kier alpha value is -1.53. The van der Waals surface area contributed by atoms with E-state index in [1.165, 1.54) is 5.56 Å². The van der Waals surface area contributed by atoms with Gasteiger partial charge in [0.15, 0.2) is 0 Å². The lowest BCUT2D eigenvalue weighted by Gasteiger charge is -2.10. The van der Waals surface area contributed by atoms with E-state index in [4.69, 9.17) is 14.7 Å². The van der Waals surface area contributed by atoms with Crippen molar-refractivity contribution in [3.8, 4) is 11.8 Å². The van der Waals surface area contributed by atoms with Gasteiger partial charge < -0.3 is 9.47 Å². The van der Waals surface area contributed by atoms with Gasteiger partial charge in [-0.1, -0.05) is 19.1 Å². The molecule has 1 aromatic carbocycles. The minimum absolute atomic E-state index is 0.0317. The predicted molar refractivity (Wildman–Crippen MR) is 58.1 cm³/mol. The molecule has 3 nitrogen and oxygen atoms in total. The summed E-state index contributed by atoms with van der Waals surface area (Å²) in [5.41, 5.74) is 2.43. The van der Waals surface area contributed by atoms with Crippen LogP contribution >= 0.6 is 0 Å². The van der Waals surface area contributed by atoms with Crippen molar-refractivity contribution in [1.29, 1.82) is 5.26 Å². The van der Waals surface area contributed by atoms with E-state index in [0.717, 1.165) is 17.7 Å². The minimum atomic E-state index is -0.312. The number of ether oxygens (including phenoxy) is 2. The Balaban J connectivity index is 2.01. The molecule has 2 heterocycles. The van der Waals surface area contributed by atoms with Crippen molar-refractivity contribution in [3.63, 3.8) is 0 Å². The van der Waals surface area contributed by atoms with Crippen LogP contribution in [0.2, 0.25) is 0 Å². The quantitative estimate of drug-likeness (QED) is 0.722. The van der Waals surface area contributed by atoms with Crippen LogP contribution in [0.25, 0.3) is 0 Å². The number of nitriles is 1. The largest absolute Gasteiger partial charge is 0.487 e. The lowest BCUT2D eigenvalue weighted by molar-refractivity contribution is 0.0547. The van der Waals surface area contributed by atoms with Crippen molar-refractivity contribution in [3.05, 3.63) is 29.3 Å². The maximum Gasteiger partial charge on any atom is 0.148 e. The van der Waals surface area contributed by atoms with E-state index in [9.17, 15) is 0 Å². The molecule has 0 spiro atoms. The van der Waals surface area contributed by atoms with Crippen molar-refractivity contribution >= 4 is 0 Å². The van der Waals surface area contributed by atoms with Crippen LogP contribution in [0.1, 0.15) is 30.6 Å². The van der Waals surface area contributed by atoms with Crippen molar-refractivity contribution in [2.24, 2.45) is 0 Å². The summed E-state index contributed by atoms with van der Waals surface area (Å²) in [4.78, 5) is 0. The average Bonchev–Trinajstić information content (AvgIpc) is 2.84. The summed E-state index contributed by atoms with van der Waals surface area (Å²) < 4.78 is 11.5. The van der Waals surface area contributed by atoms with Crippen molar-refractivity contribution in [2.45, 2.75) is 38.1 Å². The molecule has 1 saturated heterocycles. The zero-order valence-electron chi connectivity index (χ0n) is 9.14. The van der Waals surface area contributed by atoms with Crippen LogP contribution in [0.3, 0.4) is 0 Å². The third kappa shape index (κ3) is 1.23. The van der Waals surface area contributed by atoms with E-state index in [2.05, 4.69) is 19.1 Å². The second kappa shape index (κ2) is 3.50. The molecule has 1 fully saturated rings. The first-order valence-corrected chi connectivity index (χ1v) is 5.67. The van der Waals surface area contributed by atoms with Gasteiger partial charge in [-0.2, -0.15) is 5.26 Å². The number of hydrogen-bond acceptors (Lipinski definition) is 3. The summed E-state index contributed by atoms with van der Waals surface area (Å²) in [6.45, 7) is 2.12. The van der Waals surface area contributed by atoms with Crippen LogP contribution in [-0.4, -0.2) is 12.2 Å². The van der Waals surface area contributed by atoms with Gasteiger partial charge in [-0.3, -0.25) is 0 Å². The van der Waals surface area contributed by atoms with Gasteiger partial charge >= 0.3 is 0 Å². The first-order chi connectivity index (χ1) is 7.83. The molecule has 2 aliphatic heterocycles. The third-order valence-corrected chi connectivity index (χ3v) is 3.34. The highest BCUT2D eigenvalue weighted by molar-refractivity contribution is 5.46. The van der Waals surface area contributed by atoms with E-state index in [0.29, 0.717) is 6.42 Å². The highest BCUT2D eigenvalue weighted by atomic mass is 16.6. The molecule has 0 radical (unpaired) electrons. The Morgan fingerprint density at radius 3 is 3.12 bits per heavy atom. The Kier molecular flexibility index (Phi) is 2.12. The van der Waals surface area contributed by atoms with E-state index < -0.39 is 0 Å². The molecular weight excluding hydrogens is 202 g/mol. The number of nitrogens with zero attached hydrogens (tertiary/aromatic N) is 1. The minimum Gasteiger partial charge on any atom is -0.487 e. The van der Waals surface area contributed by atoms with Gasteiger partial charge in [-0.15, -0.1) is 0 Å². The van der Waals surface area contributed by atoms with Crippen LogP contribution < -0.4 is 4.74 Å². The first-order valence-electron chi connectivity index (χ1n) is 5.67.